The molecule has 15 heavy (non-hydrogen) atoms. The van der Waals surface area contributed by atoms with Crippen molar-refractivity contribution in [2.45, 2.75) is 12.5 Å². The van der Waals surface area contributed by atoms with Gasteiger partial charge in [-0.15, -0.1) is 0 Å². The molecule has 0 aliphatic rings. The Hall–Kier alpha value is -1.07. The van der Waals surface area contributed by atoms with Gasteiger partial charge in [-0.2, -0.15) is 0 Å². The molecule has 0 saturated carbocycles. The van der Waals surface area contributed by atoms with Crippen molar-refractivity contribution in [2.24, 2.45) is 0 Å². The summed E-state index contributed by atoms with van der Waals surface area (Å²) in [5.41, 5.74) is -2.02. The number of hydrogen-bond donors (Lipinski definition) is 1. The van der Waals surface area contributed by atoms with Gasteiger partial charge in [0.1, 0.15) is 5.60 Å². The maximum absolute atomic E-state index is 13.3. The number of hydrogen-bond acceptors (Lipinski definition) is 2. The molecule has 1 unspecified atom stereocenters. The van der Waals surface area contributed by atoms with Crippen LogP contribution in [0.15, 0.2) is 12.1 Å². The standard InChI is InChI=1S/C10H11F3O2/c1-10(14,5-15-2)6-3-4-7(11)9(13)8(6)12/h3-4,14H,5H2,1-2H3. The maximum Gasteiger partial charge on any atom is 0.194 e. The van der Waals surface area contributed by atoms with Gasteiger partial charge < -0.3 is 9.84 Å². The van der Waals surface area contributed by atoms with Gasteiger partial charge in [-0.1, -0.05) is 6.07 Å². The minimum absolute atomic E-state index is 0.213. The van der Waals surface area contributed by atoms with E-state index in [1.165, 1.54) is 14.0 Å². The zero-order chi connectivity index (χ0) is 11.6. The van der Waals surface area contributed by atoms with E-state index in [1.54, 1.807) is 0 Å². The zero-order valence-corrected chi connectivity index (χ0v) is 8.35. The van der Waals surface area contributed by atoms with Crippen molar-refractivity contribution in [2.75, 3.05) is 13.7 Å². The highest BCUT2D eigenvalue weighted by Gasteiger charge is 2.29. The molecule has 5 heteroatoms. The van der Waals surface area contributed by atoms with Crippen LogP contribution in [0.4, 0.5) is 13.2 Å². The van der Waals surface area contributed by atoms with Crippen molar-refractivity contribution in [1.29, 1.82) is 0 Å². The summed E-state index contributed by atoms with van der Waals surface area (Å²) in [7, 11) is 1.31. The number of ether oxygens (including phenoxy) is 1. The lowest BCUT2D eigenvalue weighted by atomic mass is 9.96. The fraction of sp³-hybridized carbons (Fsp3) is 0.400. The molecule has 0 aliphatic carbocycles. The molecule has 0 fully saturated rings. The summed E-state index contributed by atoms with van der Waals surface area (Å²) < 4.78 is 43.4. The van der Waals surface area contributed by atoms with E-state index in [0.717, 1.165) is 12.1 Å². The first-order valence-electron chi connectivity index (χ1n) is 4.25. The lowest BCUT2D eigenvalue weighted by Gasteiger charge is -2.23. The Balaban J connectivity index is 3.21. The van der Waals surface area contributed by atoms with Gasteiger partial charge in [0.25, 0.3) is 0 Å². The second kappa shape index (κ2) is 4.20. The third kappa shape index (κ3) is 2.30. The van der Waals surface area contributed by atoms with Crippen molar-refractivity contribution in [1.82, 2.24) is 0 Å². The second-order valence-electron chi connectivity index (χ2n) is 3.43. The maximum atomic E-state index is 13.3. The number of methoxy groups -OCH3 is 1. The Morgan fingerprint density at radius 1 is 1.27 bits per heavy atom. The highest BCUT2D eigenvalue weighted by atomic mass is 19.2. The van der Waals surface area contributed by atoms with Crippen LogP contribution in [-0.4, -0.2) is 18.8 Å². The quantitative estimate of drug-likeness (QED) is 0.789. The van der Waals surface area contributed by atoms with Crippen molar-refractivity contribution in [3.63, 3.8) is 0 Å². The van der Waals surface area contributed by atoms with E-state index in [9.17, 15) is 18.3 Å². The van der Waals surface area contributed by atoms with Gasteiger partial charge in [-0.3, -0.25) is 0 Å². The van der Waals surface area contributed by atoms with Crippen LogP contribution in [-0.2, 0) is 10.3 Å². The first-order valence-corrected chi connectivity index (χ1v) is 4.25. The Kier molecular flexibility index (Phi) is 3.36. The number of halogens is 3. The van der Waals surface area contributed by atoms with Crippen LogP contribution in [0, 0.1) is 17.5 Å². The predicted octanol–water partition coefficient (Wildman–Crippen LogP) is 1.96. The Morgan fingerprint density at radius 2 is 1.87 bits per heavy atom. The van der Waals surface area contributed by atoms with E-state index in [2.05, 4.69) is 4.74 Å². The molecule has 2 nitrogen and oxygen atoms in total. The molecule has 0 saturated heterocycles. The molecule has 0 spiro atoms. The van der Waals surface area contributed by atoms with Crippen LogP contribution < -0.4 is 0 Å². The fourth-order valence-electron chi connectivity index (χ4n) is 1.30. The summed E-state index contributed by atoms with van der Waals surface area (Å²) in [5, 5.41) is 9.73. The van der Waals surface area contributed by atoms with Crippen LogP contribution in [0.25, 0.3) is 0 Å². The normalized spacial score (nSPS) is 15.1. The average Bonchev–Trinajstić information content (AvgIpc) is 2.13. The molecule has 1 N–H and O–H groups in total. The lowest BCUT2D eigenvalue weighted by molar-refractivity contribution is -0.0237. The summed E-state index contributed by atoms with van der Waals surface area (Å²) in [6, 6.07) is 1.75. The van der Waals surface area contributed by atoms with Gasteiger partial charge >= 0.3 is 0 Å². The van der Waals surface area contributed by atoms with E-state index < -0.39 is 23.1 Å². The SMILES string of the molecule is COCC(C)(O)c1ccc(F)c(F)c1F. The topological polar surface area (TPSA) is 29.5 Å². The van der Waals surface area contributed by atoms with E-state index in [0.29, 0.717) is 0 Å². The average molecular weight is 220 g/mol. The highest BCUT2D eigenvalue weighted by molar-refractivity contribution is 5.25. The van der Waals surface area contributed by atoms with Crippen LogP contribution in [0.3, 0.4) is 0 Å². The largest absolute Gasteiger partial charge is 0.383 e. The third-order valence-corrected chi connectivity index (χ3v) is 2.04. The molecule has 1 rings (SSSR count). The molecule has 0 aromatic heterocycles. The molecule has 0 amide bonds. The Bertz CT molecular complexity index is 364. The first-order chi connectivity index (χ1) is 6.90. The van der Waals surface area contributed by atoms with Crippen molar-refractivity contribution >= 4 is 0 Å². The van der Waals surface area contributed by atoms with Crippen LogP contribution in [0.1, 0.15) is 12.5 Å². The van der Waals surface area contributed by atoms with E-state index >= 15 is 0 Å². The Labute approximate surface area is 85.3 Å². The monoisotopic (exact) mass is 220 g/mol. The van der Waals surface area contributed by atoms with Gasteiger partial charge in [0, 0.05) is 12.7 Å². The van der Waals surface area contributed by atoms with Gasteiger partial charge in [-0.25, -0.2) is 13.2 Å². The van der Waals surface area contributed by atoms with Crippen LogP contribution >= 0.6 is 0 Å². The fourth-order valence-corrected chi connectivity index (χ4v) is 1.30. The van der Waals surface area contributed by atoms with Gasteiger partial charge in [-0.05, 0) is 13.0 Å². The molecular formula is C10H11F3O2. The summed E-state index contributed by atoms with van der Waals surface area (Å²) in [5.74, 6) is -4.27. The second-order valence-corrected chi connectivity index (χ2v) is 3.43. The Morgan fingerprint density at radius 3 is 2.40 bits per heavy atom. The molecule has 84 valence electrons. The highest BCUT2D eigenvalue weighted by Crippen LogP contribution is 2.26. The first kappa shape index (κ1) is 12.0. The summed E-state index contributed by atoms with van der Waals surface area (Å²) >= 11 is 0. The van der Waals surface area contributed by atoms with Gasteiger partial charge in [0.15, 0.2) is 17.5 Å². The lowest BCUT2D eigenvalue weighted by Crippen LogP contribution is -2.29. The predicted molar refractivity (Wildman–Crippen MR) is 47.8 cm³/mol. The molecule has 1 atom stereocenters. The summed E-state index contributed by atoms with van der Waals surface area (Å²) in [4.78, 5) is 0. The van der Waals surface area contributed by atoms with E-state index in [1.807, 2.05) is 0 Å². The molecule has 1 aromatic rings. The molecular weight excluding hydrogens is 209 g/mol. The van der Waals surface area contributed by atoms with Gasteiger partial charge in [0.05, 0.1) is 6.61 Å². The van der Waals surface area contributed by atoms with E-state index in [4.69, 9.17) is 0 Å². The molecule has 1 aromatic carbocycles. The zero-order valence-electron chi connectivity index (χ0n) is 8.35. The van der Waals surface area contributed by atoms with Crippen molar-refractivity contribution in [3.8, 4) is 0 Å². The summed E-state index contributed by atoms with van der Waals surface area (Å²) in [6.07, 6.45) is 0. The third-order valence-electron chi connectivity index (χ3n) is 2.04. The molecule has 0 bridgehead atoms. The molecule has 0 heterocycles. The van der Waals surface area contributed by atoms with E-state index in [-0.39, 0.29) is 12.2 Å². The minimum Gasteiger partial charge on any atom is -0.383 e. The van der Waals surface area contributed by atoms with Crippen molar-refractivity contribution < 1.29 is 23.0 Å². The molecule has 0 aliphatic heterocycles. The summed E-state index contributed by atoms with van der Waals surface area (Å²) in [6.45, 7) is 1.04. The van der Waals surface area contributed by atoms with Crippen molar-refractivity contribution in [3.05, 3.63) is 35.1 Å². The van der Waals surface area contributed by atoms with Crippen LogP contribution in [0.2, 0.25) is 0 Å². The van der Waals surface area contributed by atoms with Gasteiger partial charge in [0.2, 0.25) is 0 Å². The number of rotatable bonds is 3. The minimum atomic E-state index is -1.69. The van der Waals surface area contributed by atoms with Crippen LogP contribution in [0.5, 0.6) is 0 Å². The smallest absolute Gasteiger partial charge is 0.194 e. The molecule has 0 radical (unpaired) electrons. The number of aliphatic hydroxyl groups is 1. The number of benzene rings is 1.